The monoisotopic (exact) mass is 313 g/mol. The number of carbonyl (C=O) groups is 1. The molecule has 0 aliphatic heterocycles. The summed E-state index contributed by atoms with van der Waals surface area (Å²) in [5.41, 5.74) is 0.469. The van der Waals surface area contributed by atoms with Crippen LogP contribution in [-0.4, -0.2) is 38.3 Å². The van der Waals surface area contributed by atoms with Gasteiger partial charge >= 0.3 is 5.97 Å². The number of rotatable bonds is 9. The normalized spacial score (nSPS) is 10.1. The maximum atomic E-state index is 11.2. The van der Waals surface area contributed by atoms with Crippen LogP contribution in [0.1, 0.15) is 18.9 Å². The fourth-order valence-corrected chi connectivity index (χ4v) is 1.95. The molecule has 1 aromatic rings. The van der Waals surface area contributed by atoms with Crippen LogP contribution in [-0.2, 0) is 16.1 Å². The average molecular weight is 313 g/mol. The molecule has 0 saturated carbocycles. The van der Waals surface area contributed by atoms with Crippen molar-refractivity contribution in [3.05, 3.63) is 27.8 Å². The molecule has 0 aliphatic rings. The number of nitrogens with zero attached hydrogens (tertiary/aromatic N) is 1. The van der Waals surface area contributed by atoms with E-state index in [1.807, 2.05) is 5.32 Å². The Balaban J connectivity index is 2.76. The lowest BCUT2D eigenvalue weighted by molar-refractivity contribution is -0.670. The Morgan fingerprint density at radius 2 is 1.91 bits per heavy atom. The van der Waals surface area contributed by atoms with E-state index in [1.54, 1.807) is 13.0 Å². The van der Waals surface area contributed by atoms with E-state index in [1.165, 1.54) is 20.3 Å². The van der Waals surface area contributed by atoms with Crippen LogP contribution in [0.3, 0.4) is 0 Å². The Labute approximate surface area is 128 Å². The summed E-state index contributed by atoms with van der Waals surface area (Å²) < 4.78 is 15.0. The number of nitrogens with two attached hydrogens (primary N) is 1. The number of hydrogen-bond acceptors (Lipinski definition) is 6. The number of nitro groups is 1. The number of carbonyl (C=O) groups excluding carboxylic acids is 1. The smallest absolute Gasteiger partial charge is 0.311 e. The fourth-order valence-electron chi connectivity index (χ4n) is 1.95. The predicted molar refractivity (Wildman–Crippen MR) is 77.9 cm³/mol. The lowest BCUT2D eigenvalue weighted by atomic mass is 10.1. The van der Waals surface area contributed by atoms with Gasteiger partial charge in [-0.05, 0) is 13.0 Å². The van der Waals surface area contributed by atoms with Gasteiger partial charge in [0.25, 0.3) is 5.69 Å². The summed E-state index contributed by atoms with van der Waals surface area (Å²) in [6.45, 7) is 2.94. The third-order valence-electron chi connectivity index (χ3n) is 3.00. The van der Waals surface area contributed by atoms with Crippen LogP contribution in [0, 0.1) is 10.1 Å². The number of quaternary nitrogens is 1. The van der Waals surface area contributed by atoms with Crippen LogP contribution in [0.15, 0.2) is 12.1 Å². The van der Waals surface area contributed by atoms with Gasteiger partial charge in [0.1, 0.15) is 6.54 Å². The van der Waals surface area contributed by atoms with Crippen LogP contribution in [0.5, 0.6) is 11.5 Å². The molecule has 8 heteroatoms. The van der Waals surface area contributed by atoms with Crippen molar-refractivity contribution in [2.75, 3.05) is 27.4 Å². The van der Waals surface area contributed by atoms with Crippen molar-refractivity contribution in [2.45, 2.75) is 19.9 Å². The summed E-state index contributed by atoms with van der Waals surface area (Å²) in [6, 6.07) is 2.92. The van der Waals surface area contributed by atoms with Crippen LogP contribution in [0.2, 0.25) is 0 Å². The van der Waals surface area contributed by atoms with Crippen molar-refractivity contribution >= 4 is 11.7 Å². The average Bonchev–Trinajstić information content (AvgIpc) is 2.50. The molecule has 0 saturated heterocycles. The molecule has 0 radical (unpaired) electrons. The molecule has 122 valence electrons. The largest absolute Gasteiger partial charge is 0.493 e. The number of ether oxygens (including phenoxy) is 3. The van der Waals surface area contributed by atoms with Crippen molar-refractivity contribution in [3.8, 4) is 11.5 Å². The zero-order valence-corrected chi connectivity index (χ0v) is 13.0. The molecule has 0 heterocycles. The van der Waals surface area contributed by atoms with Gasteiger partial charge in [-0.3, -0.25) is 14.9 Å². The topological polar surface area (TPSA) is 105 Å². The van der Waals surface area contributed by atoms with Crippen molar-refractivity contribution in [2.24, 2.45) is 0 Å². The minimum atomic E-state index is -0.462. The maximum Gasteiger partial charge on any atom is 0.311 e. The summed E-state index contributed by atoms with van der Waals surface area (Å²) in [6.07, 6.45) is 0.259. The highest BCUT2D eigenvalue weighted by Gasteiger charge is 2.20. The van der Waals surface area contributed by atoms with Gasteiger partial charge < -0.3 is 19.5 Å². The van der Waals surface area contributed by atoms with E-state index in [0.29, 0.717) is 36.8 Å². The summed E-state index contributed by atoms with van der Waals surface area (Å²) in [7, 11) is 2.89. The third kappa shape index (κ3) is 4.88. The molecule has 0 bridgehead atoms. The summed E-state index contributed by atoms with van der Waals surface area (Å²) >= 11 is 0. The molecule has 0 spiro atoms. The lowest BCUT2D eigenvalue weighted by Gasteiger charge is -2.10. The maximum absolute atomic E-state index is 11.2. The summed E-state index contributed by atoms with van der Waals surface area (Å²) in [4.78, 5) is 21.9. The number of hydrogen-bond donors (Lipinski definition) is 1. The number of methoxy groups -OCH3 is 2. The SMILES string of the molecule is CCOC(=O)CC[NH2+]Cc1cc(OC)c(OC)cc1[N+](=O)[O-]. The zero-order valence-electron chi connectivity index (χ0n) is 13.0. The molecule has 8 nitrogen and oxygen atoms in total. The molecule has 0 aliphatic carbocycles. The van der Waals surface area contributed by atoms with Gasteiger partial charge in [0.15, 0.2) is 11.5 Å². The highest BCUT2D eigenvalue weighted by atomic mass is 16.6. The highest BCUT2D eigenvalue weighted by molar-refractivity contribution is 5.69. The van der Waals surface area contributed by atoms with Gasteiger partial charge in [0.2, 0.25) is 0 Å². The third-order valence-corrected chi connectivity index (χ3v) is 3.00. The molecule has 0 aromatic heterocycles. The molecule has 1 aromatic carbocycles. The first-order chi connectivity index (χ1) is 10.5. The van der Waals surface area contributed by atoms with Gasteiger partial charge in [-0.2, -0.15) is 0 Å². The highest BCUT2D eigenvalue weighted by Crippen LogP contribution is 2.33. The Morgan fingerprint density at radius 3 is 2.45 bits per heavy atom. The Hall–Kier alpha value is -2.35. The molecule has 0 fully saturated rings. The van der Waals surface area contributed by atoms with Crippen LogP contribution >= 0.6 is 0 Å². The van der Waals surface area contributed by atoms with E-state index in [2.05, 4.69) is 0 Å². The second kappa shape index (κ2) is 8.83. The van der Waals surface area contributed by atoms with Gasteiger partial charge in [-0.25, -0.2) is 0 Å². The van der Waals surface area contributed by atoms with E-state index in [9.17, 15) is 14.9 Å². The number of nitro benzene ring substituents is 1. The Kier molecular flexibility index (Phi) is 7.11. The van der Waals surface area contributed by atoms with E-state index >= 15 is 0 Å². The molecule has 0 unspecified atom stereocenters. The molecular formula is C14H21N2O6+. The number of esters is 1. The first-order valence-corrected chi connectivity index (χ1v) is 6.90. The molecule has 0 atom stereocenters. The zero-order chi connectivity index (χ0) is 16.5. The minimum absolute atomic E-state index is 0.0370. The van der Waals surface area contributed by atoms with E-state index in [0.717, 1.165) is 0 Å². The van der Waals surface area contributed by atoms with Gasteiger partial charge in [0.05, 0.1) is 50.3 Å². The van der Waals surface area contributed by atoms with Gasteiger partial charge in [0, 0.05) is 0 Å². The quantitative estimate of drug-likeness (QED) is 0.310. The predicted octanol–water partition coefficient (Wildman–Crippen LogP) is 0.629. The van der Waals surface area contributed by atoms with Crippen LogP contribution < -0.4 is 14.8 Å². The molecule has 2 N–H and O–H groups in total. The van der Waals surface area contributed by atoms with Crippen molar-refractivity contribution in [3.63, 3.8) is 0 Å². The lowest BCUT2D eigenvalue weighted by Crippen LogP contribution is -2.82. The first-order valence-electron chi connectivity index (χ1n) is 6.90. The second-order valence-corrected chi connectivity index (χ2v) is 4.43. The standard InChI is InChI=1S/C14H20N2O6/c1-4-22-14(17)5-6-15-9-10-7-12(20-2)13(21-3)8-11(10)16(18)19/h7-8,15H,4-6,9H2,1-3H3/p+1. The fraction of sp³-hybridized carbons (Fsp3) is 0.500. The molecule has 1 rings (SSSR count). The number of benzene rings is 1. The van der Waals surface area contributed by atoms with Crippen LogP contribution in [0.25, 0.3) is 0 Å². The van der Waals surface area contributed by atoms with Crippen LogP contribution in [0.4, 0.5) is 5.69 Å². The van der Waals surface area contributed by atoms with E-state index in [-0.39, 0.29) is 18.1 Å². The Morgan fingerprint density at radius 1 is 1.27 bits per heavy atom. The molecular weight excluding hydrogens is 292 g/mol. The molecule has 22 heavy (non-hydrogen) atoms. The van der Waals surface area contributed by atoms with Crippen molar-refractivity contribution in [1.29, 1.82) is 0 Å². The molecule has 0 amide bonds. The first kappa shape index (κ1) is 17.7. The summed E-state index contributed by atoms with van der Waals surface area (Å²) in [5, 5.41) is 12.9. The van der Waals surface area contributed by atoms with Gasteiger partial charge in [-0.15, -0.1) is 0 Å². The van der Waals surface area contributed by atoms with Crippen molar-refractivity contribution in [1.82, 2.24) is 0 Å². The summed E-state index contributed by atoms with van der Waals surface area (Å²) in [5.74, 6) is 0.465. The van der Waals surface area contributed by atoms with E-state index in [4.69, 9.17) is 14.2 Å². The van der Waals surface area contributed by atoms with Gasteiger partial charge in [-0.1, -0.05) is 0 Å². The Bertz CT molecular complexity index is 532. The van der Waals surface area contributed by atoms with Crippen molar-refractivity contribution < 1.29 is 29.2 Å². The van der Waals surface area contributed by atoms with E-state index < -0.39 is 4.92 Å². The second-order valence-electron chi connectivity index (χ2n) is 4.43. The minimum Gasteiger partial charge on any atom is -0.493 e.